The van der Waals surface area contributed by atoms with E-state index in [0.29, 0.717) is 46.0 Å². The maximum atomic E-state index is 12.8. The van der Waals surface area contributed by atoms with E-state index >= 15 is 0 Å². The number of benzene rings is 4. The van der Waals surface area contributed by atoms with E-state index in [1.165, 1.54) is 24.7 Å². The molecule has 6 aromatic rings. The van der Waals surface area contributed by atoms with Gasteiger partial charge in [0.2, 0.25) is 0 Å². The number of halogens is 6. The molecule has 70 heavy (non-hydrogen) atoms. The SMILES string of the molecule is C.C.O=C(O)CC(c1ccc(OCc2ccc(OC(F)(F)F)c(C3=CCCC3)c2)cc1)c1ccon1.O=C(O)CC(c1ccc(OCc2ccc(OC(F)(F)F)c(C3CCCC3)c2)cc1)c1ccon1. The van der Waals surface area contributed by atoms with Crippen LogP contribution in [0, 0.1) is 0 Å². The Hall–Kier alpha value is -7.24. The average Bonchev–Trinajstić information content (AvgIpc) is 4.16. The molecule has 2 N–H and O–H groups in total. The summed E-state index contributed by atoms with van der Waals surface area (Å²) >= 11 is 0. The van der Waals surface area contributed by atoms with Crippen molar-refractivity contribution < 1.29 is 74.1 Å². The summed E-state index contributed by atoms with van der Waals surface area (Å²) in [5.74, 6) is -2.07. The fourth-order valence-corrected chi connectivity index (χ4v) is 8.37. The molecule has 1 saturated carbocycles. The van der Waals surface area contributed by atoms with Gasteiger partial charge in [-0.1, -0.05) is 80.5 Å². The quantitative estimate of drug-likeness (QED) is 0.0785. The van der Waals surface area contributed by atoms with Crippen molar-refractivity contribution in [3.05, 3.63) is 160 Å². The molecule has 0 aliphatic heterocycles. The van der Waals surface area contributed by atoms with Crippen LogP contribution in [-0.2, 0) is 22.8 Å². The van der Waals surface area contributed by atoms with Gasteiger partial charge < -0.3 is 38.2 Å². The highest BCUT2D eigenvalue weighted by molar-refractivity contribution is 5.72. The first-order valence-corrected chi connectivity index (χ1v) is 21.7. The molecule has 12 nitrogen and oxygen atoms in total. The van der Waals surface area contributed by atoms with E-state index in [1.807, 2.05) is 6.08 Å². The first kappa shape index (κ1) is 53.7. The molecule has 1 fully saturated rings. The van der Waals surface area contributed by atoms with E-state index in [1.54, 1.807) is 84.9 Å². The van der Waals surface area contributed by atoms with Gasteiger partial charge in [0.1, 0.15) is 48.7 Å². The topological polar surface area (TPSA) is 164 Å². The molecule has 18 heteroatoms. The van der Waals surface area contributed by atoms with Gasteiger partial charge in [-0.05, 0) is 120 Å². The molecular formula is C52H54F6N2O10. The van der Waals surface area contributed by atoms with Crippen LogP contribution in [0.1, 0.15) is 135 Å². The number of rotatable bonds is 18. The van der Waals surface area contributed by atoms with Crippen LogP contribution in [0.25, 0.3) is 5.57 Å². The third-order valence-corrected chi connectivity index (χ3v) is 11.5. The molecule has 2 aliphatic rings. The summed E-state index contributed by atoms with van der Waals surface area (Å²) in [6.07, 6.45) is 1.00. The summed E-state index contributed by atoms with van der Waals surface area (Å²) in [6.45, 7) is 0.320. The Morgan fingerprint density at radius 1 is 0.629 bits per heavy atom. The van der Waals surface area contributed by atoms with E-state index in [4.69, 9.17) is 18.5 Å². The van der Waals surface area contributed by atoms with Crippen molar-refractivity contribution in [1.82, 2.24) is 10.3 Å². The van der Waals surface area contributed by atoms with Crippen molar-refractivity contribution in [3.8, 4) is 23.0 Å². The minimum Gasteiger partial charge on any atom is -0.489 e. The molecule has 0 radical (unpaired) electrons. The predicted octanol–water partition coefficient (Wildman–Crippen LogP) is 14.0. The van der Waals surface area contributed by atoms with Crippen molar-refractivity contribution in [3.63, 3.8) is 0 Å². The van der Waals surface area contributed by atoms with Gasteiger partial charge in [0, 0.05) is 29.5 Å². The molecule has 4 aromatic carbocycles. The number of carbonyl (C=O) groups is 2. The lowest BCUT2D eigenvalue weighted by Crippen LogP contribution is -2.18. The third-order valence-electron chi connectivity index (χ3n) is 11.5. The first-order valence-electron chi connectivity index (χ1n) is 21.7. The lowest BCUT2D eigenvalue weighted by Gasteiger charge is -2.19. The molecule has 0 bridgehead atoms. The fourth-order valence-electron chi connectivity index (χ4n) is 8.37. The first-order chi connectivity index (χ1) is 32.6. The molecule has 0 spiro atoms. The van der Waals surface area contributed by atoms with Crippen LogP contribution in [0.5, 0.6) is 23.0 Å². The Kier molecular flexibility index (Phi) is 18.7. The monoisotopic (exact) mass is 980 g/mol. The van der Waals surface area contributed by atoms with E-state index < -0.39 is 36.5 Å². The van der Waals surface area contributed by atoms with Gasteiger partial charge in [0.15, 0.2) is 0 Å². The maximum absolute atomic E-state index is 12.8. The van der Waals surface area contributed by atoms with Crippen LogP contribution < -0.4 is 18.9 Å². The van der Waals surface area contributed by atoms with Crippen molar-refractivity contribution in [2.24, 2.45) is 0 Å². The van der Waals surface area contributed by atoms with Crippen molar-refractivity contribution >= 4 is 17.5 Å². The number of carboxylic acids is 2. The zero-order valence-electron chi connectivity index (χ0n) is 36.3. The number of allylic oxidation sites excluding steroid dienone is 2. The number of aromatic nitrogens is 2. The van der Waals surface area contributed by atoms with Crippen LogP contribution in [0.4, 0.5) is 26.3 Å². The van der Waals surface area contributed by atoms with Crippen LogP contribution in [0.2, 0.25) is 0 Å². The summed E-state index contributed by atoms with van der Waals surface area (Å²) in [5, 5.41) is 26.2. The molecule has 0 amide bonds. The normalized spacial score (nSPS) is 14.5. The van der Waals surface area contributed by atoms with E-state index in [-0.39, 0.29) is 58.3 Å². The maximum Gasteiger partial charge on any atom is 0.573 e. The Bertz CT molecular complexity index is 2610. The van der Waals surface area contributed by atoms with Gasteiger partial charge in [0.05, 0.1) is 24.2 Å². The summed E-state index contributed by atoms with van der Waals surface area (Å²) in [6, 6.07) is 26.4. The Morgan fingerprint density at radius 2 is 1.10 bits per heavy atom. The summed E-state index contributed by atoms with van der Waals surface area (Å²) in [5.41, 5.74) is 5.81. The minimum atomic E-state index is -4.77. The van der Waals surface area contributed by atoms with Crippen molar-refractivity contribution in [2.45, 2.75) is 116 Å². The standard InChI is InChI=1S/C25H24F3NO5.C25H22F3NO5.2CH4/c2*26-25(27,28)34-23-10-5-16(13-21(23)17-3-1-2-4-17)15-32-19-8-6-18(7-9-19)20(14-24(30)31)22-11-12-33-29-22;;/h5-13,17,20H,1-4,14-15H2,(H,30,31);3,5-13,20H,1-2,4,14-15H2,(H,30,31);2*1H4. The van der Waals surface area contributed by atoms with Gasteiger partial charge in [-0.2, -0.15) is 0 Å². The lowest BCUT2D eigenvalue weighted by atomic mass is 9.92. The van der Waals surface area contributed by atoms with Gasteiger partial charge in [0.25, 0.3) is 0 Å². The Morgan fingerprint density at radius 3 is 1.53 bits per heavy atom. The third kappa shape index (κ3) is 15.4. The molecule has 0 saturated heterocycles. The molecule has 2 atom stereocenters. The predicted molar refractivity (Wildman–Crippen MR) is 245 cm³/mol. The second-order valence-electron chi connectivity index (χ2n) is 16.3. The van der Waals surface area contributed by atoms with Gasteiger partial charge in [-0.25, -0.2) is 0 Å². The number of hydrogen-bond donors (Lipinski definition) is 2. The fraction of sp³-hybridized carbons (Fsp3) is 0.346. The van der Waals surface area contributed by atoms with Crippen LogP contribution in [-0.4, -0.2) is 45.2 Å². The van der Waals surface area contributed by atoms with Gasteiger partial charge >= 0.3 is 24.7 Å². The van der Waals surface area contributed by atoms with E-state index in [2.05, 4.69) is 19.8 Å². The Labute approximate surface area is 400 Å². The van der Waals surface area contributed by atoms with E-state index in [0.717, 1.165) is 60.8 Å². The van der Waals surface area contributed by atoms with Crippen molar-refractivity contribution in [1.29, 1.82) is 0 Å². The molecule has 374 valence electrons. The number of alkyl halides is 6. The van der Waals surface area contributed by atoms with Crippen molar-refractivity contribution in [2.75, 3.05) is 0 Å². The summed E-state index contributed by atoms with van der Waals surface area (Å²) in [7, 11) is 0. The molecule has 8 rings (SSSR count). The highest BCUT2D eigenvalue weighted by atomic mass is 19.4. The second-order valence-corrected chi connectivity index (χ2v) is 16.3. The van der Waals surface area contributed by atoms with Crippen LogP contribution >= 0.6 is 0 Å². The zero-order valence-corrected chi connectivity index (χ0v) is 36.3. The summed E-state index contributed by atoms with van der Waals surface area (Å²) in [4.78, 5) is 22.5. The zero-order chi connectivity index (χ0) is 48.3. The Balaban J connectivity index is 0.000000254. The van der Waals surface area contributed by atoms with Crippen LogP contribution in [0.15, 0.2) is 125 Å². The van der Waals surface area contributed by atoms with Gasteiger partial charge in [-0.3, -0.25) is 9.59 Å². The van der Waals surface area contributed by atoms with E-state index in [9.17, 15) is 46.1 Å². The molecule has 2 aliphatic carbocycles. The highest BCUT2D eigenvalue weighted by Crippen LogP contribution is 2.42. The lowest BCUT2D eigenvalue weighted by molar-refractivity contribution is -0.275. The number of aliphatic carboxylic acids is 2. The second kappa shape index (κ2) is 24.4. The number of nitrogens with zero attached hydrogens (tertiary/aromatic N) is 2. The average molecular weight is 981 g/mol. The molecular weight excluding hydrogens is 927 g/mol. The highest BCUT2D eigenvalue weighted by Gasteiger charge is 2.34. The molecule has 2 unspecified atom stereocenters. The molecule has 2 heterocycles. The number of hydrogen-bond acceptors (Lipinski definition) is 10. The summed E-state index contributed by atoms with van der Waals surface area (Å²) < 4.78 is 107. The van der Waals surface area contributed by atoms with Gasteiger partial charge in [-0.15, -0.1) is 26.3 Å². The minimum absolute atomic E-state index is 0. The van der Waals surface area contributed by atoms with Crippen LogP contribution in [0.3, 0.4) is 0 Å². The largest absolute Gasteiger partial charge is 0.573 e. The number of carboxylic acid groups (broad SMARTS) is 2. The smallest absolute Gasteiger partial charge is 0.489 e. The molecule has 2 aromatic heterocycles. The number of ether oxygens (including phenoxy) is 4.